The second-order valence-electron chi connectivity index (χ2n) is 2.88. The van der Waals surface area contributed by atoms with Crippen LogP contribution in [-0.2, 0) is 10.0 Å². The van der Waals surface area contributed by atoms with E-state index in [2.05, 4.69) is 4.72 Å². The van der Waals surface area contributed by atoms with Gasteiger partial charge in [-0.2, -0.15) is 0 Å². The van der Waals surface area contributed by atoms with Crippen molar-refractivity contribution in [3.8, 4) is 0 Å². The van der Waals surface area contributed by atoms with Crippen molar-refractivity contribution in [1.82, 2.24) is 0 Å². The normalized spacial score (nSPS) is 24.6. The zero-order chi connectivity index (χ0) is 8.77. The Balaban J connectivity index is 2.64. The van der Waals surface area contributed by atoms with Crippen LogP contribution in [-0.4, -0.2) is 8.42 Å². The summed E-state index contributed by atoms with van der Waals surface area (Å²) in [7, 11) is -3.13. The zero-order valence-corrected chi connectivity index (χ0v) is 7.43. The first kappa shape index (κ1) is 7.61. The van der Waals surface area contributed by atoms with Crippen LogP contribution in [0.4, 0.5) is 5.69 Å². The van der Waals surface area contributed by atoms with Gasteiger partial charge in [0.25, 0.3) is 0 Å². The minimum absolute atomic E-state index is 0.423. The summed E-state index contributed by atoms with van der Waals surface area (Å²) in [6, 6.07) is 7.27. The van der Waals surface area contributed by atoms with Gasteiger partial charge < -0.3 is 0 Å². The number of anilines is 1. The molecule has 4 heteroatoms. The van der Waals surface area contributed by atoms with Gasteiger partial charge in [-0.3, -0.25) is 4.72 Å². The van der Waals surface area contributed by atoms with Crippen molar-refractivity contribution in [1.29, 1.82) is 0 Å². The lowest BCUT2D eigenvalue weighted by atomic mass is 10.1. The Bertz CT molecular complexity index is 411. The van der Waals surface area contributed by atoms with Crippen molar-refractivity contribution >= 4 is 15.7 Å². The molecule has 2 rings (SSSR count). The van der Waals surface area contributed by atoms with Crippen LogP contribution >= 0.6 is 0 Å². The minimum Gasteiger partial charge on any atom is -0.283 e. The molecule has 1 unspecified atom stereocenters. The van der Waals surface area contributed by atoms with Crippen LogP contribution in [0.3, 0.4) is 0 Å². The molecule has 0 radical (unpaired) electrons. The van der Waals surface area contributed by atoms with Gasteiger partial charge in [0.1, 0.15) is 5.25 Å². The molecule has 3 nitrogen and oxygen atoms in total. The van der Waals surface area contributed by atoms with E-state index < -0.39 is 15.3 Å². The molecule has 0 saturated heterocycles. The molecule has 1 aliphatic heterocycles. The topological polar surface area (TPSA) is 46.2 Å². The third-order valence-corrected chi connectivity index (χ3v) is 3.81. The maximum Gasteiger partial charge on any atom is 0.239 e. The fraction of sp³-hybridized carbons (Fsp3) is 0.250. The van der Waals surface area contributed by atoms with Gasteiger partial charge in [-0.1, -0.05) is 18.2 Å². The molecular weight excluding hydrogens is 174 g/mol. The van der Waals surface area contributed by atoms with E-state index in [9.17, 15) is 8.42 Å². The summed E-state index contributed by atoms with van der Waals surface area (Å²) in [6.07, 6.45) is 0. The van der Waals surface area contributed by atoms with Crippen LogP contribution in [0.1, 0.15) is 17.7 Å². The second-order valence-corrected chi connectivity index (χ2v) is 4.88. The third kappa shape index (κ3) is 0.914. The van der Waals surface area contributed by atoms with E-state index in [0.717, 1.165) is 5.56 Å². The Kier molecular flexibility index (Phi) is 1.41. The van der Waals surface area contributed by atoms with Gasteiger partial charge in [0.05, 0.1) is 5.69 Å². The van der Waals surface area contributed by atoms with Crippen LogP contribution in [0, 0.1) is 0 Å². The molecule has 1 aliphatic rings. The summed E-state index contributed by atoms with van der Waals surface area (Å²) >= 11 is 0. The first-order chi connectivity index (χ1) is 5.61. The van der Waals surface area contributed by atoms with Crippen molar-refractivity contribution in [3.63, 3.8) is 0 Å². The smallest absolute Gasteiger partial charge is 0.239 e. The fourth-order valence-electron chi connectivity index (χ4n) is 1.35. The molecule has 64 valence electrons. The molecular formula is C8H9NO2S. The van der Waals surface area contributed by atoms with Gasteiger partial charge in [0, 0.05) is 0 Å². The summed E-state index contributed by atoms with van der Waals surface area (Å²) in [5.74, 6) is 0. The highest BCUT2D eigenvalue weighted by Crippen LogP contribution is 2.36. The van der Waals surface area contributed by atoms with E-state index in [1.165, 1.54) is 0 Å². The highest BCUT2D eigenvalue weighted by molar-refractivity contribution is 7.93. The number of rotatable bonds is 0. The van der Waals surface area contributed by atoms with E-state index in [0.29, 0.717) is 5.69 Å². The lowest BCUT2D eigenvalue weighted by Crippen LogP contribution is -2.09. The monoisotopic (exact) mass is 183 g/mol. The van der Waals surface area contributed by atoms with Crippen LogP contribution in [0.5, 0.6) is 0 Å². The minimum atomic E-state index is -3.13. The van der Waals surface area contributed by atoms with Crippen LogP contribution in [0.25, 0.3) is 0 Å². The van der Waals surface area contributed by atoms with Crippen LogP contribution < -0.4 is 4.72 Å². The number of sulfonamides is 1. The molecule has 0 aromatic heterocycles. The summed E-state index contributed by atoms with van der Waals surface area (Å²) in [5.41, 5.74) is 1.57. The molecule has 12 heavy (non-hydrogen) atoms. The number of para-hydroxylation sites is 1. The van der Waals surface area contributed by atoms with Gasteiger partial charge in [-0.15, -0.1) is 0 Å². The molecule has 1 heterocycles. The lowest BCUT2D eigenvalue weighted by Gasteiger charge is -1.99. The quantitative estimate of drug-likeness (QED) is 0.662. The standard InChI is InChI=1S/C8H9NO2S/c1-6-7-4-2-3-5-8(7)9-12(6,10)11/h2-6,9H,1H3. The third-order valence-electron chi connectivity index (χ3n) is 2.12. The largest absolute Gasteiger partial charge is 0.283 e. The summed E-state index contributed by atoms with van der Waals surface area (Å²) in [4.78, 5) is 0. The van der Waals surface area contributed by atoms with Gasteiger partial charge in [0.2, 0.25) is 10.0 Å². The first-order valence-corrected chi connectivity index (χ1v) is 5.26. The van der Waals surface area contributed by atoms with E-state index in [1.54, 1.807) is 13.0 Å². The molecule has 0 bridgehead atoms. The molecule has 0 amide bonds. The molecule has 1 aromatic rings. The van der Waals surface area contributed by atoms with Gasteiger partial charge in [-0.25, -0.2) is 8.42 Å². The average Bonchev–Trinajstić information content (AvgIpc) is 2.24. The summed E-state index contributed by atoms with van der Waals surface area (Å²) < 4.78 is 25.1. The first-order valence-electron chi connectivity index (χ1n) is 3.72. The number of hydrogen-bond acceptors (Lipinski definition) is 2. The molecule has 0 fully saturated rings. The Morgan fingerprint density at radius 2 is 2.00 bits per heavy atom. The Labute approximate surface area is 71.5 Å². The van der Waals surface area contributed by atoms with Gasteiger partial charge >= 0.3 is 0 Å². The summed E-state index contributed by atoms with van der Waals surface area (Å²) in [5, 5.41) is -0.423. The van der Waals surface area contributed by atoms with Crippen LogP contribution in [0.15, 0.2) is 24.3 Å². The second kappa shape index (κ2) is 2.23. The van der Waals surface area contributed by atoms with Crippen molar-refractivity contribution in [2.45, 2.75) is 12.2 Å². The fourth-order valence-corrected chi connectivity index (χ4v) is 2.56. The number of benzene rings is 1. The van der Waals surface area contributed by atoms with E-state index in [4.69, 9.17) is 0 Å². The highest BCUT2D eigenvalue weighted by Gasteiger charge is 2.31. The molecule has 0 aliphatic carbocycles. The van der Waals surface area contributed by atoms with E-state index in [1.807, 2.05) is 18.2 Å². The Morgan fingerprint density at radius 3 is 2.67 bits per heavy atom. The van der Waals surface area contributed by atoms with E-state index in [-0.39, 0.29) is 0 Å². The van der Waals surface area contributed by atoms with Gasteiger partial charge in [-0.05, 0) is 18.6 Å². The van der Waals surface area contributed by atoms with Crippen molar-refractivity contribution < 1.29 is 8.42 Å². The average molecular weight is 183 g/mol. The number of fused-ring (bicyclic) bond motifs is 1. The Hall–Kier alpha value is -1.03. The lowest BCUT2D eigenvalue weighted by molar-refractivity contribution is 0.595. The SMILES string of the molecule is CC1c2ccccc2NS1(=O)=O. The van der Waals surface area contributed by atoms with Gasteiger partial charge in [0.15, 0.2) is 0 Å². The molecule has 0 spiro atoms. The van der Waals surface area contributed by atoms with Crippen molar-refractivity contribution in [2.24, 2.45) is 0 Å². The van der Waals surface area contributed by atoms with Crippen molar-refractivity contribution in [3.05, 3.63) is 29.8 Å². The molecule has 1 atom stereocenters. The zero-order valence-electron chi connectivity index (χ0n) is 6.61. The molecule has 0 saturated carbocycles. The van der Waals surface area contributed by atoms with E-state index >= 15 is 0 Å². The predicted molar refractivity (Wildman–Crippen MR) is 47.4 cm³/mol. The number of nitrogens with one attached hydrogen (secondary N) is 1. The molecule has 1 N–H and O–H groups in total. The molecule has 1 aromatic carbocycles. The maximum absolute atomic E-state index is 11.3. The number of hydrogen-bond donors (Lipinski definition) is 1. The van der Waals surface area contributed by atoms with Crippen LogP contribution in [0.2, 0.25) is 0 Å². The highest BCUT2D eigenvalue weighted by atomic mass is 32.2. The van der Waals surface area contributed by atoms with Crippen molar-refractivity contribution in [2.75, 3.05) is 4.72 Å². The predicted octanol–water partition coefficient (Wildman–Crippen LogP) is 1.50. The maximum atomic E-state index is 11.3. The Morgan fingerprint density at radius 1 is 1.33 bits per heavy atom. The summed E-state index contributed by atoms with van der Waals surface area (Å²) in [6.45, 7) is 1.69.